The molecule has 0 amide bonds. The normalized spacial score (nSPS) is 15.4. The van der Waals surface area contributed by atoms with Gasteiger partial charge >= 0.3 is 0 Å². The highest BCUT2D eigenvalue weighted by Gasteiger charge is 2.08. The molecule has 2 heteroatoms. The molecule has 0 aliphatic carbocycles. The van der Waals surface area contributed by atoms with Crippen molar-refractivity contribution in [3.63, 3.8) is 0 Å². The van der Waals surface area contributed by atoms with Crippen molar-refractivity contribution in [1.29, 1.82) is 0 Å². The number of ether oxygens (including phenoxy) is 1. The lowest BCUT2D eigenvalue weighted by Crippen LogP contribution is -2.29. The smallest absolute Gasteiger partial charge is 0.0569 e. The second kappa shape index (κ2) is 10.1. The van der Waals surface area contributed by atoms with Gasteiger partial charge in [0.1, 0.15) is 0 Å². The van der Waals surface area contributed by atoms with Gasteiger partial charge in [-0.15, -0.1) is 0 Å². The van der Waals surface area contributed by atoms with Crippen LogP contribution in [0.2, 0.25) is 0 Å². The van der Waals surface area contributed by atoms with Crippen LogP contribution in [0.15, 0.2) is 0 Å². The summed E-state index contributed by atoms with van der Waals surface area (Å²) < 4.78 is 5.77. The first-order valence-corrected chi connectivity index (χ1v) is 6.96. The van der Waals surface area contributed by atoms with E-state index in [-0.39, 0.29) is 0 Å². The highest BCUT2D eigenvalue weighted by Crippen LogP contribution is 2.08. The molecule has 2 nitrogen and oxygen atoms in total. The second-order valence-corrected chi connectivity index (χ2v) is 5.02. The standard InChI is InChI=1S/C14H31NO/c1-6-10-15-14(7-2)9-8-11-16-13(5)12(3)4/h12-15H,6-11H2,1-5H3. The van der Waals surface area contributed by atoms with E-state index in [4.69, 9.17) is 4.74 Å². The van der Waals surface area contributed by atoms with E-state index in [1.54, 1.807) is 0 Å². The van der Waals surface area contributed by atoms with Crippen molar-refractivity contribution in [2.45, 2.75) is 72.4 Å². The van der Waals surface area contributed by atoms with E-state index in [2.05, 4.69) is 39.9 Å². The Balaban J connectivity index is 3.47. The van der Waals surface area contributed by atoms with E-state index in [0.717, 1.165) is 13.2 Å². The molecule has 0 saturated carbocycles. The predicted octanol–water partition coefficient (Wildman–Crippen LogP) is 3.61. The lowest BCUT2D eigenvalue weighted by atomic mass is 10.1. The van der Waals surface area contributed by atoms with Crippen molar-refractivity contribution in [1.82, 2.24) is 5.32 Å². The van der Waals surface area contributed by atoms with Crippen LogP contribution in [-0.2, 0) is 4.74 Å². The van der Waals surface area contributed by atoms with Crippen LogP contribution in [0.3, 0.4) is 0 Å². The zero-order valence-corrected chi connectivity index (χ0v) is 11.9. The van der Waals surface area contributed by atoms with Crippen LogP contribution in [0.25, 0.3) is 0 Å². The number of hydrogen-bond donors (Lipinski definition) is 1. The Kier molecular flexibility index (Phi) is 10.0. The minimum absolute atomic E-state index is 0.392. The molecular formula is C14H31NO. The first kappa shape index (κ1) is 15.9. The predicted molar refractivity (Wildman–Crippen MR) is 71.9 cm³/mol. The summed E-state index contributed by atoms with van der Waals surface area (Å²) in [4.78, 5) is 0. The number of nitrogens with one attached hydrogen (secondary N) is 1. The van der Waals surface area contributed by atoms with Crippen LogP contribution in [0.5, 0.6) is 0 Å². The lowest BCUT2D eigenvalue weighted by Gasteiger charge is -2.19. The van der Waals surface area contributed by atoms with Crippen molar-refractivity contribution in [2.24, 2.45) is 5.92 Å². The molecule has 2 atom stereocenters. The lowest BCUT2D eigenvalue weighted by molar-refractivity contribution is 0.0323. The third kappa shape index (κ3) is 8.12. The van der Waals surface area contributed by atoms with Gasteiger partial charge < -0.3 is 10.1 Å². The van der Waals surface area contributed by atoms with Crippen molar-refractivity contribution >= 4 is 0 Å². The van der Waals surface area contributed by atoms with Gasteiger partial charge in [0.2, 0.25) is 0 Å². The van der Waals surface area contributed by atoms with Gasteiger partial charge in [-0.2, -0.15) is 0 Å². The van der Waals surface area contributed by atoms with Crippen molar-refractivity contribution in [2.75, 3.05) is 13.2 Å². The summed E-state index contributed by atoms with van der Waals surface area (Å²) in [5.41, 5.74) is 0. The molecule has 0 heterocycles. The molecule has 0 aromatic heterocycles. The Hall–Kier alpha value is -0.0800. The first-order valence-electron chi connectivity index (χ1n) is 6.96. The van der Waals surface area contributed by atoms with Crippen LogP contribution >= 0.6 is 0 Å². The fraction of sp³-hybridized carbons (Fsp3) is 1.00. The summed E-state index contributed by atoms with van der Waals surface area (Å²) in [6, 6.07) is 0.679. The Bertz CT molecular complexity index is 148. The summed E-state index contributed by atoms with van der Waals surface area (Å²) in [6.45, 7) is 13.1. The van der Waals surface area contributed by atoms with Crippen molar-refractivity contribution in [3.8, 4) is 0 Å². The number of rotatable bonds is 10. The topological polar surface area (TPSA) is 21.3 Å². The fourth-order valence-corrected chi connectivity index (χ4v) is 1.59. The molecule has 0 spiro atoms. The molecule has 0 rings (SSSR count). The number of hydrogen-bond acceptors (Lipinski definition) is 2. The fourth-order valence-electron chi connectivity index (χ4n) is 1.59. The molecule has 1 N–H and O–H groups in total. The zero-order chi connectivity index (χ0) is 12.4. The van der Waals surface area contributed by atoms with E-state index >= 15 is 0 Å². The zero-order valence-electron chi connectivity index (χ0n) is 11.9. The summed E-state index contributed by atoms with van der Waals surface area (Å²) in [5, 5.41) is 3.57. The van der Waals surface area contributed by atoms with Gasteiger partial charge in [-0.1, -0.05) is 27.7 Å². The molecule has 0 saturated heterocycles. The molecule has 0 aromatic rings. The maximum atomic E-state index is 5.77. The Morgan fingerprint density at radius 2 is 1.81 bits per heavy atom. The van der Waals surface area contributed by atoms with Crippen molar-refractivity contribution < 1.29 is 4.74 Å². The van der Waals surface area contributed by atoms with Crippen LogP contribution in [-0.4, -0.2) is 25.3 Å². The van der Waals surface area contributed by atoms with Crippen molar-refractivity contribution in [3.05, 3.63) is 0 Å². The maximum Gasteiger partial charge on any atom is 0.0569 e. The molecule has 0 fully saturated rings. The van der Waals surface area contributed by atoms with Gasteiger partial charge in [0.25, 0.3) is 0 Å². The quantitative estimate of drug-likeness (QED) is 0.578. The maximum absolute atomic E-state index is 5.77. The summed E-state index contributed by atoms with van der Waals surface area (Å²) in [5.74, 6) is 0.625. The second-order valence-electron chi connectivity index (χ2n) is 5.02. The monoisotopic (exact) mass is 229 g/mol. The van der Waals surface area contributed by atoms with E-state index < -0.39 is 0 Å². The Labute approximate surface area is 102 Å². The van der Waals surface area contributed by atoms with E-state index in [1.807, 2.05) is 0 Å². The Morgan fingerprint density at radius 3 is 2.31 bits per heavy atom. The molecular weight excluding hydrogens is 198 g/mol. The molecule has 98 valence electrons. The van der Waals surface area contributed by atoms with E-state index in [0.29, 0.717) is 18.1 Å². The molecule has 0 aliphatic heterocycles. The minimum atomic E-state index is 0.392. The van der Waals surface area contributed by atoms with Crippen LogP contribution < -0.4 is 5.32 Å². The van der Waals surface area contributed by atoms with E-state index in [9.17, 15) is 0 Å². The molecule has 0 radical (unpaired) electrons. The molecule has 2 unspecified atom stereocenters. The average Bonchev–Trinajstić information content (AvgIpc) is 2.27. The average molecular weight is 229 g/mol. The van der Waals surface area contributed by atoms with Gasteiger partial charge in [0.15, 0.2) is 0 Å². The molecule has 0 aromatic carbocycles. The van der Waals surface area contributed by atoms with Crippen LogP contribution in [0, 0.1) is 5.92 Å². The first-order chi connectivity index (χ1) is 7.61. The SMILES string of the molecule is CCCNC(CC)CCCOC(C)C(C)C. The largest absolute Gasteiger partial charge is 0.378 e. The summed E-state index contributed by atoms with van der Waals surface area (Å²) in [7, 11) is 0. The minimum Gasteiger partial charge on any atom is -0.378 e. The molecule has 16 heavy (non-hydrogen) atoms. The third-order valence-electron chi connectivity index (χ3n) is 3.19. The van der Waals surface area contributed by atoms with Crippen LogP contribution in [0.1, 0.15) is 60.3 Å². The third-order valence-corrected chi connectivity index (χ3v) is 3.19. The van der Waals surface area contributed by atoms with Gasteiger partial charge in [0, 0.05) is 12.6 Å². The van der Waals surface area contributed by atoms with Gasteiger partial charge in [0.05, 0.1) is 6.10 Å². The molecule has 0 aliphatic rings. The summed E-state index contributed by atoms with van der Waals surface area (Å²) in [6.07, 6.45) is 5.24. The van der Waals surface area contributed by atoms with E-state index in [1.165, 1.54) is 25.7 Å². The van der Waals surface area contributed by atoms with Crippen LogP contribution in [0.4, 0.5) is 0 Å². The van der Waals surface area contributed by atoms with Gasteiger partial charge in [-0.25, -0.2) is 0 Å². The molecule has 0 bridgehead atoms. The highest BCUT2D eigenvalue weighted by atomic mass is 16.5. The Morgan fingerprint density at radius 1 is 1.12 bits per heavy atom. The van der Waals surface area contributed by atoms with Gasteiger partial charge in [-0.05, 0) is 45.1 Å². The summed E-state index contributed by atoms with van der Waals surface area (Å²) >= 11 is 0. The van der Waals surface area contributed by atoms with Gasteiger partial charge in [-0.3, -0.25) is 0 Å². The highest BCUT2D eigenvalue weighted by molar-refractivity contribution is 4.64.